The Kier molecular flexibility index (Phi) is 2.87. The lowest BCUT2D eigenvalue weighted by Gasteiger charge is -2.38. The van der Waals surface area contributed by atoms with Crippen LogP contribution in [0, 0.1) is 5.41 Å². The Morgan fingerprint density at radius 2 is 1.62 bits per heavy atom. The quantitative estimate of drug-likeness (QED) is 0.537. The van der Waals surface area contributed by atoms with E-state index >= 15 is 0 Å². The van der Waals surface area contributed by atoms with Crippen LogP contribution in [0.25, 0.3) is 0 Å². The van der Waals surface area contributed by atoms with Crippen molar-refractivity contribution in [2.45, 2.75) is 19.3 Å². The van der Waals surface area contributed by atoms with Crippen LogP contribution in [-0.4, -0.2) is 8.86 Å². The highest BCUT2D eigenvalue weighted by atomic mass is 127. The summed E-state index contributed by atoms with van der Waals surface area (Å²) in [6.07, 6.45) is 4.45. The molecule has 2 heteroatoms. The molecule has 0 amide bonds. The summed E-state index contributed by atoms with van der Waals surface area (Å²) in [5.41, 5.74) is 0.779. The van der Waals surface area contributed by atoms with Crippen LogP contribution < -0.4 is 0 Å². The lowest BCUT2D eigenvalue weighted by molar-refractivity contribution is 0.214. The number of halogens is 2. The molecule has 0 radical (unpaired) electrons. The Bertz CT molecular complexity index is 63.1. The lowest BCUT2D eigenvalue weighted by Crippen LogP contribution is -2.32. The molecule has 1 aliphatic carbocycles. The summed E-state index contributed by atoms with van der Waals surface area (Å²) >= 11 is 5.03. The Balaban J connectivity index is 2.33. The van der Waals surface area contributed by atoms with Crippen LogP contribution in [0.15, 0.2) is 0 Å². The maximum absolute atomic E-state index is 2.51. The molecule has 0 aromatic heterocycles. The average molecular weight is 336 g/mol. The van der Waals surface area contributed by atoms with Crippen LogP contribution in [0.1, 0.15) is 19.3 Å². The summed E-state index contributed by atoms with van der Waals surface area (Å²) in [5.74, 6) is 0. The third-order valence-electron chi connectivity index (χ3n) is 1.98. The van der Waals surface area contributed by atoms with Crippen LogP contribution in [0.2, 0.25) is 0 Å². The van der Waals surface area contributed by atoms with Gasteiger partial charge < -0.3 is 0 Å². The first kappa shape index (κ1) is 7.57. The summed E-state index contributed by atoms with van der Waals surface area (Å²) in [5, 5.41) is 0. The van der Waals surface area contributed by atoms with Crippen LogP contribution in [-0.2, 0) is 0 Å². The molecule has 48 valence electrons. The molecule has 1 rings (SSSR count). The van der Waals surface area contributed by atoms with Crippen molar-refractivity contribution in [3.8, 4) is 0 Å². The van der Waals surface area contributed by atoms with Gasteiger partial charge in [0.25, 0.3) is 0 Å². The molecule has 1 aliphatic rings. The van der Waals surface area contributed by atoms with E-state index in [0.717, 1.165) is 5.41 Å². The molecule has 8 heavy (non-hydrogen) atoms. The van der Waals surface area contributed by atoms with Crippen LogP contribution in [0.3, 0.4) is 0 Å². The first-order valence-electron chi connectivity index (χ1n) is 2.95. The second-order valence-electron chi connectivity index (χ2n) is 2.62. The van der Waals surface area contributed by atoms with E-state index in [1.54, 1.807) is 0 Å². The molecule has 0 aromatic carbocycles. The largest absolute Gasteiger partial charge is 0.0857 e. The van der Waals surface area contributed by atoms with Gasteiger partial charge in [0.2, 0.25) is 0 Å². The minimum atomic E-state index is 0.779. The Labute approximate surface area is 78.1 Å². The SMILES string of the molecule is ICC1(CI)CCC1. The minimum Gasteiger partial charge on any atom is -0.0857 e. The molecule has 0 saturated heterocycles. The van der Waals surface area contributed by atoms with Crippen LogP contribution in [0.4, 0.5) is 0 Å². The van der Waals surface area contributed by atoms with Gasteiger partial charge in [-0.25, -0.2) is 0 Å². The Morgan fingerprint density at radius 3 is 1.62 bits per heavy atom. The second kappa shape index (κ2) is 3.03. The van der Waals surface area contributed by atoms with Crippen molar-refractivity contribution in [1.82, 2.24) is 0 Å². The van der Waals surface area contributed by atoms with E-state index in [9.17, 15) is 0 Å². The summed E-state index contributed by atoms with van der Waals surface area (Å²) in [4.78, 5) is 0. The van der Waals surface area contributed by atoms with E-state index in [2.05, 4.69) is 45.2 Å². The van der Waals surface area contributed by atoms with Crippen molar-refractivity contribution in [1.29, 1.82) is 0 Å². The average Bonchev–Trinajstić information content (AvgIpc) is 1.67. The summed E-state index contributed by atoms with van der Waals surface area (Å²) in [6.45, 7) is 0. The van der Waals surface area contributed by atoms with E-state index in [1.807, 2.05) is 0 Å². The monoisotopic (exact) mass is 336 g/mol. The minimum absolute atomic E-state index is 0.779. The van der Waals surface area contributed by atoms with Gasteiger partial charge in [-0.05, 0) is 18.3 Å². The molecule has 0 bridgehead atoms. The van der Waals surface area contributed by atoms with E-state index in [4.69, 9.17) is 0 Å². The third-order valence-corrected chi connectivity index (χ3v) is 5.22. The number of hydrogen-bond acceptors (Lipinski definition) is 0. The Morgan fingerprint density at radius 1 is 1.12 bits per heavy atom. The maximum Gasteiger partial charge on any atom is 0.00593 e. The first-order valence-corrected chi connectivity index (χ1v) is 6.00. The van der Waals surface area contributed by atoms with E-state index < -0.39 is 0 Å². The standard InChI is InChI=1S/C6H10I2/c7-4-6(5-8)2-1-3-6/h1-5H2. The molecule has 0 spiro atoms. The molecule has 0 unspecified atom stereocenters. The number of rotatable bonds is 2. The van der Waals surface area contributed by atoms with Gasteiger partial charge in [-0.15, -0.1) is 0 Å². The summed E-state index contributed by atoms with van der Waals surface area (Å²) < 4.78 is 2.74. The predicted octanol–water partition coefficient (Wildman–Crippen LogP) is 3.03. The highest BCUT2D eigenvalue weighted by Gasteiger charge is 2.34. The van der Waals surface area contributed by atoms with Gasteiger partial charge in [0.1, 0.15) is 0 Å². The van der Waals surface area contributed by atoms with E-state index in [-0.39, 0.29) is 0 Å². The molecular formula is C6H10I2. The topological polar surface area (TPSA) is 0 Å². The van der Waals surface area contributed by atoms with Crippen molar-refractivity contribution in [3.05, 3.63) is 0 Å². The predicted molar refractivity (Wildman–Crippen MR) is 54.1 cm³/mol. The molecule has 0 heterocycles. The van der Waals surface area contributed by atoms with Gasteiger partial charge in [-0.1, -0.05) is 51.6 Å². The Hall–Kier alpha value is 1.46. The highest BCUT2D eigenvalue weighted by Crippen LogP contribution is 2.43. The molecule has 1 fully saturated rings. The maximum atomic E-state index is 2.51. The fourth-order valence-corrected chi connectivity index (χ4v) is 4.08. The molecule has 0 aromatic rings. The molecule has 0 N–H and O–H groups in total. The molecule has 0 atom stereocenters. The lowest BCUT2D eigenvalue weighted by atomic mass is 9.72. The van der Waals surface area contributed by atoms with Crippen molar-refractivity contribution in [2.75, 3.05) is 8.86 Å². The summed E-state index contributed by atoms with van der Waals surface area (Å²) in [6, 6.07) is 0. The smallest absolute Gasteiger partial charge is 0.00593 e. The second-order valence-corrected chi connectivity index (χ2v) is 4.15. The summed E-state index contributed by atoms with van der Waals surface area (Å²) in [7, 11) is 0. The fourth-order valence-electron chi connectivity index (χ4n) is 0.980. The molecule has 0 nitrogen and oxygen atoms in total. The molecular weight excluding hydrogens is 326 g/mol. The van der Waals surface area contributed by atoms with Gasteiger partial charge in [-0.3, -0.25) is 0 Å². The third kappa shape index (κ3) is 1.30. The van der Waals surface area contributed by atoms with Crippen molar-refractivity contribution >= 4 is 45.2 Å². The zero-order chi connectivity index (χ0) is 6.04. The fraction of sp³-hybridized carbons (Fsp3) is 1.00. The zero-order valence-corrected chi connectivity index (χ0v) is 9.11. The van der Waals surface area contributed by atoms with Gasteiger partial charge in [0, 0.05) is 8.86 Å². The molecule has 1 saturated carbocycles. The van der Waals surface area contributed by atoms with Gasteiger partial charge in [0.05, 0.1) is 0 Å². The van der Waals surface area contributed by atoms with Gasteiger partial charge in [0.15, 0.2) is 0 Å². The van der Waals surface area contributed by atoms with E-state index in [1.165, 1.54) is 28.1 Å². The zero-order valence-electron chi connectivity index (χ0n) is 4.79. The van der Waals surface area contributed by atoms with Crippen molar-refractivity contribution < 1.29 is 0 Å². The van der Waals surface area contributed by atoms with Crippen molar-refractivity contribution in [2.24, 2.45) is 5.41 Å². The normalized spacial score (nSPS) is 24.8. The van der Waals surface area contributed by atoms with Crippen LogP contribution >= 0.6 is 45.2 Å². The number of hydrogen-bond donors (Lipinski definition) is 0. The molecule has 0 aliphatic heterocycles. The van der Waals surface area contributed by atoms with Gasteiger partial charge >= 0.3 is 0 Å². The number of alkyl halides is 2. The van der Waals surface area contributed by atoms with Crippen molar-refractivity contribution in [3.63, 3.8) is 0 Å². The van der Waals surface area contributed by atoms with Gasteiger partial charge in [-0.2, -0.15) is 0 Å². The van der Waals surface area contributed by atoms with Crippen LogP contribution in [0.5, 0.6) is 0 Å². The van der Waals surface area contributed by atoms with E-state index in [0.29, 0.717) is 0 Å². The highest BCUT2D eigenvalue weighted by molar-refractivity contribution is 14.1. The first-order chi connectivity index (χ1) is 3.83.